The number of carbonyl (C=O) groups is 2. The molecule has 2 amide bonds. The molecule has 2 heterocycles. The minimum Gasteiger partial charge on any atom is -0.466 e. The molecule has 0 bridgehead atoms. The van der Waals surface area contributed by atoms with Gasteiger partial charge in [0.05, 0.1) is 19.1 Å². The van der Waals surface area contributed by atoms with E-state index in [9.17, 15) is 9.59 Å². The smallest absolute Gasteiger partial charge is 0.318 e. The van der Waals surface area contributed by atoms with Gasteiger partial charge in [-0.3, -0.25) is 4.79 Å². The number of halogens is 1. The number of rotatable bonds is 5. The second kappa shape index (κ2) is 8.40. The Morgan fingerprint density at radius 1 is 1.23 bits per heavy atom. The molecule has 7 heteroatoms. The van der Waals surface area contributed by atoms with Crippen LogP contribution >= 0.6 is 15.9 Å². The van der Waals surface area contributed by atoms with E-state index >= 15 is 0 Å². The molecule has 0 fully saturated rings. The molecule has 0 saturated heterocycles. The molecule has 2 aromatic rings. The van der Waals surface area contributed by atoms with Crippen molar-refractivity contribution < 1.29 is 14.3 Å². The van der Waals surface area contributed by atoms with Crippen molar-refractivity contribution in [1.29, 1.82) is 0 Å². The maximum Gasteiger partial charge on any atom is 0.318 e. The highest BCUT2D eigenvalue weighted by atomic mass is 79.9. The number of aromatic nitrogens is 1. The molecule has 6 nitrogen and oxygen atoms in total. The third kappa shape index (κ3) is 4.09. The predicted molar refractivity (Wildman–Crippen MR) is 102 cm³/mol. The molecule has 1 atom stereocenters. The van der Waals surface area contributed by atoms with Gasteiger partial charge in [0.15, 0.2) is 0 Å². The fourth-order valence-electron chi connectivity index (χ4n) is 3.20. The van der Waals surface area contributed by atoms with Crippen LogP contribution in [0, 0.1) is 0 Å². The topological polar surface area (TPSA) is 63.6 Å². The highest BCUT2D eigenvalue weighted by Crippen LogP contribution is 2.32. The second-order valence-electron chi connectivity index (χ2n) is 6.06. The van der Waals surface area contributed by atoms with Gasteiger partial charge in [0.1, 0.15) is 0 Å². The van der Waals surface area contributed by atoms with E-state index in [0.717, 1.165) is 22.3 Å². The van der Waals surface area contributed by atoms with Gasteiger partial charge in [-0.2, -0.15) is 0 Å². The van der Waals surface area contributed by atoms with Crippen molar-refractivity contribution in [3.63, 3.8) is 0 Å². The van der Waals surface area contributed by atoms with Crippen LogP contribution in [0.2, 0.25) is 0 Å². The van der Waals surface area contributed by atoms with Gasteiger partial charge in [-0.05, 0) is 36.8 Å². The van der Waals surface area contributed by atoms with E-state index in [-0.39, 0.29) is 31.0 Å². The molecule has 26 heavy (non-hydrogen) atoms. The van der Waals surface area contributed by atoms with Crippen LogP contribution in [0.4, 0.5) is 4.79 Å². The number of nitrogens with one attached hydrogen (secondary N) is 1. The minimum absolute atomic E-state index is 0.158. The number of amides is 2. The first kappa shape index (κ1) is 18.5. The summed E-state index contributed by atoms with van der Waals surface area (Å²) >= 11 is 3.46. The summed E-state index contributed by atoms with van der Waals surface area (Å²) in [6.07, 6.45) is 2.21. The van der Waals surface area contributed by atoms with Crippen LogP contribution in [0.1, 0.15) is 30.6 Å². The first-order valence-electron chi connectivity index (χ1n) is 8.70. The van der Waals surface area contributed by atoms with Gasteiger partial charge < -0.3 is 19.5 Å². The van der Waals surface area contributed by atoms with Gasteiger partial charge in [0.25, 0.3) is 0 Å². The van der Waals surface area contributed by atoms with Crippen LogP contribution in [0.3, 0.4) is 0 Å². The zero-order valence-corrected chi connectivity index (χ0v) is 16.2. The van der Waals surface area contributed by atoms with Gasteiger partial charge in [-0.25, -0.2) is 4.79 Å². The van der Waals surface area contributed by atoms with E-state index in [1.807, 2.05) is 47.5 Å². The average Bonchev–Trinajstić information content (AvgIpc) is 3.10. The van der Waals surface area contributed by atoms with Crippen molar-refractivity contribution in [2.24, 2.45) is 0 Å². The summed E-state index contributed by atoms with van der Waals surface area (Å²) < 4.78 is 8.07. The lowest BCUT2D eigenvalue weighted by molar-refractivity contribution is -0.142. The summed E-state index contributed by atoms with van der Waals surface area (Å²) in [7, 11) is 0. The van der Waals surface area contributed by atoms with E-state index in [1.54, 1.807) is 6.92 Å². The third-order valence-electron chi connectivity index (χ3n) is 4.40. The molecule has 3 rings (SSSR count). The lowest BCUT2D eigenvalue weighted by atomic mass is 10.0. The van der Waals surface area contributed by atoms with Crippen molar-refractivity contribution in [2.75, 3.05) is 19.7 Å². The largest absolute Gasteiger partial charge is 0.466 e. The molecule has 0 spiro atoms. The average molecular weight is 420 g/mol. The Morgan fingerprint density at radius 2 is 2.00 bits per heavy atom. The fraction of sp³-hybridized carbons (Fsp3) is 0.368. The molecule has 0 saturated carbocycles. The Kier molecular flexibility index (Phi) is 5.98. The van der Waals surface area contributed by atoms with E-state index in [2.05, 4.69) is 25.8 Å². The van der Waals surface area contributed by atoms with Crippen LogP contribution in [0.25, 0.3) is 0 Å². The molecular formula is C19H22BrN3O3. The quantitative estimate of drug-likeness (QED) is 0.755. The monoisotopic (exact) mass is 419 g/mol. The van der Waals surface area contributed by atoms with E-state index in [0.29, 0.717) is 13.2 Å². The van der Waals surface area contributed by atoms with Crippen LogP contribution in [0.15, 0.2) is 47.1 Å². The lowest BCUT2D eigenvalue weighted by Crippen LogP contribution is -2.47. The summed E-state index contributed by atoms with van der Waals surface area (Å²) in [6.45, 7) is 3.74. The number of hydrogen-bond acceptors (Lipinski definition) is 3. The van der Waals surface area contributed by atoms with Crippen LogP contribution < -0.4 is 5.32 Å². The highest BCUT2D eigenvalue weighted by molar-refractivity contribution is 9.10. The Balaban J connectivity index is 1.75. The van der Waals surface area contributed by atoms with Crippen molar-refractivity contribution >= 4 is 27.9 Å². The fourth-order valence-corrected chi connectivity index (χ4v) is 3.47. The highest BCUT2D eigenvalue weighted by Gasteiger charge is 2.32. The summed E-state index contributed by atoms with van der Waals surface area (Å²) in [5, 5.41) is 2.84. The van der Waals surface area contributed by atoms with E-state index < -0.39 is 0 Å². The number of nitrogens with zero attached hydrogens (tertiary/aromatic N) is 2. The van der Waals surface area contributed by atoms with Gasteiger partial charge in [-0.15, -0.1) is 0 Å². The molecule has 0 aliphatic carbocycles. The zero-order valence-electron chi connectivity index (χ0n) is 14.7. The molecule has 1 aliphatic heterocycles. The number of benzene rings is 1. The SMILES string of the molecule is CCOC(=O)CCNC(=O)N1CCn2cccc2[C@@H]1c1ccc(Br)cc1. The first-order chi connectivity index (χ1) is 12.6. The van der Waals surface area contributed by atoms with Gasteiger partial charge in [0.2, 0.25) is 0 Å². The molecular weight excluding hydrogens is 398 g/mol. The molecule has 1 aromatic carbocycles. The number of carbonyl (C=O) groups excluding carboxylic acids is 2. The summed E-state index contributed by atoms with van der Waals surface area (Å²) in [4.78, 5) is 26.0. The predicted octanol–water partition coefficient (Wildman–Crippen LogP) is 3.32. The Bertz CT molecular complexity index is 773. The van der Waals surface area contributed by atoms with E-state index in [1.165, 1.54) is 0 Å². The number of ether oxygens (including phenoxy) is 1. The number of fused-ring (bicyclic) bond motifs is 1. The summed E-state index contributed by atoms with van der Waals surface area (Å²) in [6, 6.07) is 11.7. The number of esters is 1. The van der Waals surface area contributed by atoms with Crippen LogP contribution in [0.5, 0.6) is 0 Å². The second-order valence-corrected chi connectivity index (χ2v) is 6.98. The Morgan fingerprint density at radius 3 is 2.73 bits per heavy atom. The van der Waals surface area contributed by atoms with Crippen LogP contribution in [-0.2, 0) is 16.1 Å². The zero-order chi connectivity index (χ0) is 18.5. The summed E-state index contributed by atoms with van der Waals surface area (Å²) in [5.74, 6) is -0.301. The Hall–Kier alpha value is -2.28. The third-order valence-corrected chi connectivity index (χ3v) is 4.92. The van der Waals surface area contributed by atoms with Crippen molar-refractivity contribution in [3.8, 4) is 0 Å². The maximum atomic E-state index is 12.8. The summed E-state index contributed by atoms with van der Waals surface area (Å²) in [5.41, 5.74) is 2.13. The molecule has 0 unspecified atom stereocenters. The standard InChI is InChI=1S/C19H22BrN3O3/c1-2-26-17(24)9-10-21-19(25)23-13-12-22-11-3-4-16(22)18(23)14-5-7-15(20)8-6-14/h3-8,11,18H,2,9-10,12-13H2,1H3,(H,21,25)/t18-/m0/s1. The van der Waals surface area contributed by atoms with Crippen LogP contribution in [-0.4, -0.2) is 41.2 Å². The maximum absolute atomic E-state index is 12.8. The normalized spacial score (nSPS) is 16.1. The van der Waals surface area contributed by atoms with E-state index in [4.69, 9.17) is 4.74 Å². The molecule has 1 aliphatic rings. The first-order valence-corrected chi connectivity index (χ1v) is 9.50. The molecule has 1 N–H and O–H groups in total. The number of urea groups is 1. The molecule has 1 aromatic heterocycles. The molecule has 138 valence electrons. The van der Waals surface area contributed by atoms with Gasteiger partial charge in [0, 0.05) is 36.0 Å². The van der Waals surface area contributed by atoms with Crippen molar-refractivity contribution in [2.45, 2.75) is 25.9 Å². The minimum atomic E-state index is -0.301. The van der Waals surface area contributed by atoms with Crippen molar-refractivity contribution in [3.05, 3.63) is 58.3 Å². The van der Waals surface area contributed by atoms with Gasteiger partial charge in [-0.1, -0.05) is 28.1 Å². The lowest BCUT2D eigenvalue weighted by Gasteiger charge is -2.37. The number of hydrogen-bond donors (Lipinski definition) is 1. The Labute approximate surface area is 161 Å². The van der Waals surface area contributed by atoms with Gasteiger partial charge >= 0.3 is 12.0 Å². The van der Waals surface area contributed by atoms with Crippen molar-refractivity contribution in [1.82, 2.24) is 14.8 Å². The molecule has 0 radical (unpaired) electrons.